The molecule has 0 saturated heterocycles. The van der Waals surface area contributed by atoms with E-state index in [1.54, 1.807) is 20.8 Å². The highest BCUT2D eigenvalue weighted by molar-refractivity contribution is 6.01. The number of fused-ring (bicyclic) bond motifs is 1. The molecule has 0 fully saturated rings. The average molecular weight is 268 g/mol. The molecule has 0 saturated carbocycles. The highest BCUT2D eigenvalue weighted by atomic mass is 19.2. The van der Waals surface area contributed by atoms with Crippen molar-refractivity contribution in [2.24, 2.45) is 0 Å². The van der Waals surface area contributed by atoms with Gasteiger partial charge in [0.2, 0.25) is 0 Å². The minimum Gasteiger partial charge on any atom is -0.465 e. The summed E-state index contributed by atoms with van der Waals surface area (Å²) in [6, 6.07) is 2.38. The predicted octanol–water partition coefficient (Wildman–Crippen LogP) is 3.73. The van der Waals surface area contributed by atoms with E-state index in [0.29, 0.717) is 5.52 Å². The Labute approximate surface area is 108 Å². The molecule has 0 unspecified atom stereocenters. The van der Waals surface area contributed by atoms with Gasteiger partial charge < -0.3 is 10.1 Å². The summed E-state index contributed by atoms with van der Waals surface area (Å²) in [5, 5.41) is 9.24. The number of aromatic nitrogens is 1. The largest absolute Gasteiger partial charge is 0.465 e. The van der Waals surface area contributed by atoms with Crippen molar-refractivity contribution < 1.29 is 18.7 Å². The lowest BCUT2D eigenvalue weighted by atomic mass is 10.1. The second-order valence-corrected chi connectivity index (χ2v) is 5.25. The van der Waals surface area contributed by atoms with Gasteiger partial charge in [-0.05, 0) is 32.9 Å². The highest BCUT2D eigenvalue weighted by Gasteiger charge is 2.31. The molecule has 2 N–H and O–H groups in total. The summed E-state index contributed by atoms with van der Waals surface area (Å²) >= 11 is 0. The van der Waals surface area contributed by atoms with Crippen molar-refractivity contribution in [2.45, 2.75) is 26.3 Å². The number of hydrogen-bond donors (Lipinski definition) is 2. The van der Waals surface area contributed by atoms with Crippen LogP contribution in [0, 0.1) is 11.6 Å². The van der Waals surface area contributed by atoms with E-state index in [1.807, 2.05) is 0 Å². The number of benzene rings is 1. The molecule has 1 heterocycles. The number of nitrogens with zero attached hydrogens (tertiary/aromatic N) is 1. The summed E-state index contributed by atoms with van der Waals surface area (Å²) in [4.78, 5) is 15.1. The molecule has 2 rings (SSSR count). The topological polar surface area (TPSA) is 56.3 Å². The molecule has 0 spiro atoms. The Bertz CT molecular complexity index is 644. The number of rotatable bonds is 1. The van der Waals surface area contributed by atoms with Crippen molar-refractivity contribution in [1.29, 1.82) is 0 Å². The summed E-state index contributed by atoms with van der Waals surface area (Å²) in [6.07, 6.45) is 0.143. The van der Waals surface area contributed by atoms with E-state index in [-0.39, 0.29) is 11.1 Å². The first-order valence-corrected chi connectivity index (χ1v) is 5.71. The SMILES string of the molecule is CC(C)(C)N(C(=O)O)c1c[nH]c2ccc(F)c(F)c12. The normalized spacial score (nSPS) is 11.8. The molecule has 1 amide bonds. The maximum Gasteiger partial charge on any atom is 0.412 e. The molecule has 19 heavy (non-hydrogen) atoms. The number of nitrogens with one attached hydrogen (secondary N) is 1. The Balaban J connectivity index is 2.75. The van der Waals surface area contributed by atoms with Gasteiger partial charge in [0, 0.05) is 11.7 Å². The summed E-state index contributed by atoms with van der Waals surface area (Å²) in [5.74, 6) is -2.06. The minimum atomic E-state index is -1.22. The van der Waals surface area contributed by atoms with Gasteiger partial charge in [-0.2, -0.15) is 0 Å². The summed E-state index contributed by atoms with van der Waals surface area (Å²) < 4.78 is 27.2. The maximum absolute atomic E-state index is 13.9. The first-order valence-electron chi connectivity index (χ1n) is 5.71. The highest BCUT2D eigenvalue weighted by Crippen LogP contribution is 2.34. The molecule has 0 atom stereocenters. The van der Waals surface area contributed by atoms with E-state index in [1.165, 1.54) is 12.3 Å². The zero-order chi connectivity index (χ0) is 14.4. The van der Waals surface area contributed by atoms with E-state index in [0.717, 1.165) is 11.0 Å². The molecule has 1 aromatic carbocycles. The second kappa shape index (κ2) is 4.22. The van der Waals surface area contributed by atoms with E-state index < -0.39 is 23.3 Å². The van der Waals surface area contributed by atoms with Crippen molar-refractivity contribution in [1.82, 2.24) is 4.98 Å². The van der Waals surface area contributed by atoms with Crippen LogP contribution in [0.1, 0.15) is 20.8 Å². The van der Waals surface area contributed by atoms with Gasteiger partial charge in [-0.3, -0.25) is 4.90 Å². The van der Waals surface area contributed by atoms with Crippen molar-refractivity contribution in [3.05, 3.63) is 30.0 Å². The van der Waals surface area contributed by atoms with Crippen LogP contribution in [0.15, 0.2) is 18.3 Å². The molecule has 0 bridgehead atoms. The zero-order valence-electron chi connectivity index (χ0n) is 10.8. The Morgan fingerprint density at radius 2 is 1.95 bits per heavy atom. The molecular weight excluding hydrogens is 254 g/mol. The van der Waals surface area contributed by atoms with Crippen molar-refractivity contribution in [2.75, 3.05) is 4.90 Å². The van der Waals surface area contributed by atoms with Gasteiger partial charge in [0.1, 0.15) is 0 Å². The number of carbonyl (C=O) groups is 1. The maximum atomic E-state index is 13.9. The smallest absolute Gasteiger partial charge is 0.412 e. The van der Waals surface area contributed by atoms with E-state index in [2.05, 4.69) is 4.98 Å². The zero-order valence-corrected chi connectivity index (χ0v) is 10.8. The molecule has 0 aliphatic carbocycles. The number of amides is 1. The Kier molecular flexibility index (Phi) is 2.96. The quantitative estimate of drug-likeness (QED) is 0.828. The first-order chi connectivity index (χ1) is 8.73. The van der Waals surface area contributed by atoms with Gasteiger partial charge in [-0.25, -0.2) is 13.6 Å². The molecule has 102 valence electrons. The van der Waals surface area contributed by atoms with Crippen LogP contribution in [0.2, 0.25) is 0 Å². The Hall–Kier alpha value is -2.11. The molecule has 0 radical (unpaired) electrons. The third kappa shape index (κ3) is 2.14. The summed E-state index contributed by atoms with van der Waals surface area (Å²) in [5.41, 5.74) is -0.323. The fourth-order valence-corrected chi connectivity index (χ4v) is 2.07. The van der Waals surface area contributed by atoms with Gasteiger partial charge in [0.05, 0.1) is 16.6 Å². The van der Waals surface area contributed by atoms with Crippen LogP contribution in [0.3, 0.4) is 0 Å². The van der Waals surface area contributed by atoms with Crippen LogP contribution in [0.25, 0.3) is 10.9 Å². The lowest BCUT2D eigenvalue weighted by molar-refractivity contribution is 0.195. The number of anilines is 1. The van der Waals surface area contributed by atoms with Crippen LogP contribution in [-0.4, -0.2) is 21.7 Å². The van der Waals surface area contributed by atoms with Crippen LogP contribution < -0.4 is 4.90 Å². The molecule has 0 aliphatic heterocycles. The predicted molar refractivity (Wildman–Crippen MR) is 68.5 cm³/mol. The molecule has 1 aromatic heterocycles. The van der Waals surface area contributed by atoms with Crippen molar-refractivity contribution in [3.8, 4) is 0 Å². The van der Waals surface area contributed by atoms with Crippen LogP contribution in [0.5, 0.6) is 0 Å². The fourth-order valence-electron chi connectivity index (χ4n) is 2.07. The number of halogens is 2. The summed E-state index contributed by atoms with van der Waals surface area (Å²) in [6.45, 7) is 5.03. The first kappa shape index (κ1) is 13.3. The standard InChI is InChI=1S/C13H14F2N2O2/c1-13(2,3)17(12(18)19)9-6-16-8-5-4-7(14)11(15)10(8)9/h4-6,16H,1-3H3,(H,18,19). The van der Waals surface area contributed by atoms with Gasteiger partial charge in [0.15, 0.2) is 11.6 Å². The minimum absolute atomic E-state index is 0.0580. The lowest BCUT2D eigenvalue weighted by Crippen LogP contribution is -2.45. The molecule has 2 aromatic rings. The monoisotopic (exact) mass is 268 g/mol. The molecule has 6 heteroatoms. The number of hydrogen-bond acceptors (Lipinski definition) is 1. The van der Waals surface area contributed by atoms with E-state index >= 15 is 0 Å². The lowest BCUT2D eigenvalue weighted by Gasteiger charge is -2.32. The molecule has 0 aliphatic rings. The number of aromatic amines is 1. The number of carboxylic acid groups (broad SMARTS) is 1. The third-order valence-electron chi connectivity index (χ3n) is 2.82. The van der Waals surface area contributed by atoms with Crippen LogP contribution >= 0.6 is 0 Å². The Morgan fingerprint density at radius 3 is 2.47 bits per heavy atom. The van der Waals surface area contributed by atoms with Crippen LogP contribution in [-0.2, 0) is 0 Å². The molecule has 4 nitrogen and oxygen atoms in total. The third-order valence-corrected chi connectivity index (χ3v) is 2.82. The Morgan fingerprint density at radius 1 is 1.32 bits per heavy atom. The van der Waals surface area contributed by atoms with Crippen molar-refractivity contribution >= 4 is 22.7 Å². The van der Waals surface area contributed by atoms with Gasteiger partial charge >= 0.3 is 6.09 Å². The van der Waals surface area contributed by atoms with Gasteiger partial charge in [-0.1, -0.05) is 0 Å². The van der Waals surface area contributed by atoms with Gasteiger partial charge in [0.25, 0.3) is 0 Å². The second-order valence-electron chi connectivity index (χ2n) is 5.25. The van der Waals surface area contributed by atoms with Gasteiger partial charge in [-0.15, -0.1) is 0 Å². The average Bonchev–Trinajstić information content (AvgIpc) is 2.65. The van der Waals surface area contributed by atoms with E-state index in [4.69, 9.17) is 0 Å². The van der Waals surface area contributed by atoms with E-state index in [9.17, 15) is 18.7 Å². The fraction of sp³-hybridized carbons (Fsp3) is 0.308. The summed E-state index contributed by atoms with van der Waals surface area (Å²) in [7, 11) is 0. The van der Waals surface area contributed by atoms with Crippen LogP contribution in [0.4, 0.5) is 19.3 Å². The number of H-pyrrole nitrogens is 1. The molecular formula is C13H14F2N2O2. The van der Waals surface area contributed by atoms with Crippen molar-refractivity contribution in [3.63, 3.8) is 0 Å².